The molecule has 0 spiro atoms. The van der Waals surface area contributed by atoms with Crippen LogP contribution in [0.5, 0.6) is 11.5 Å². The van der Waals surface area contributed by atoms with Gasteiger partial charge in [0.2, 0.25) is 0 Å². The smallest absolute Gasteiger partial charge is 0.269 e. The van der Waals surface area contributed by atoms with Gasteiger partial charge in [-0.05, 0) is 35.4 Å². The number of amides is 1. The second-order valence-electron chi connectivity index (χ2n) is 8.74. The van der Waals surface area contributed by atoms with Crippen LogP contribution in [0.2, 0.25) is 0 Å². The highest BCUT2D eigenvalue weighted by atomic mass is 16.6. The Kier molecular flexibility index (Phi) is 9.07. The number of hydrogen-bond donors (Lipinski definition) is 0. The van der Waals surface area contributed by atoms with Crippen molar-refractivity contribution < 1.29 is 23.9 Å². The molecule has 0 N–H and O–H groups in total. The Morgan fingerprint density at radius 3 is 2.41 bits per heavy atom. The van der Waals surface area contributed by atoms with Gasteiger partial charge in [-0.15, -0.1) is 0 Å². The molecule has 9 heteroatoms. The first-order chi connectivity index (χ1) is 18.0. The number of carbonyl (C=O) groups excluding carboxylic acids is 1. The quantitative estimate of drug-likeness (QED) is 0.285. The molecule has 0 bridgehead atoms. The van der Waals surface area contributed by atoms with Crippen LogP contribution in [0.1, 0.15) is 21.5 Å². The molecule has 0 radical (unpaired) electrons. The summed E-state index contributed by atoms with van der Waals surface area (Å²) >= 11 is 0. The fourth-order valence-corrected chi connectivity index (χ4v) is 4.13. The lowest BCUT2D eigenvalue weighted by molar-refractivity contribution is -0.384. The molecule has 1 fully saturated rings. The van der Waals surface area contributed by atoms with Gasteiger partial charge in [0.15, 0.2) is 11.5 Å². The van der Waals surface area contributed by atoms with E-state index in [0.717, 1.165) is 24.2 Å². The molecule has 0 saturated carbocycles. The third-order valence-corrected chi connectivity index (χ3v) is 6.24. The fraction of sp³-hybridized carbons (Fsp3) is 0.321. The topological polar surface area (TPSA) is 94.4 Å². The summed E-state index contributed by atoms with van der Waals surface area (Å²) in [5.74, 6) is 1.02. The van der Waals surface area contributed by atoms with Crippen molar-refractivity contribution in [3.05, 3.63) is 99.6 Å². The average molecular weight is 506 g/mol. The first-order valence-electron chi connectivity index (χ1n) is 12.2. The van der Waals surface area contributed by atoms with Crippen molar-refractivity contribution in [2.45, 2.75) is 13.2 Å². The van der Waals surface area contributed by atoms with E-state index < -0.39 is 4.92 Å². The molecule has 1 saturated heterocycles. The number of morpholine rings is 1. The second-order valence-corrected chi connectivity index (χ2v) is 8.74. The van der Waals surface area contributed by atoms with Gasteiger partial charge in [-0.25, -0.2) is 0 Å². The standard InChI is InChI=1S/C28H31N3O6/c1-35-27-19-23(7-12-26(27)37-21-22-5-3-2-4-6-22)20-30(14-13-29-15-17-36-18-16-29)28(32)24-8-10-25(11-9-24)31(33)34/h2-12,19H,13-18,20-21H2,1H3. The van der Waals surface area contributed by atoms with Crippen molar-refractivity contribution >= 4 is 11.6 Å². The third-order valence-electron chi connectivity index (χ3n) is 6.24. The van der Waals surface area contributed by atoms with E-state index in [9.17, 15) is 14.9 Å². The van der Waals surface area contributed by atoms with Crippen LogP contribution in [0.15, 0.2) is 72.8 Å². The van der Waals surface area contributed by atoms with Crippen LogP contribution in [0.25, 0.3) is 0 Å². The number of methoxy groups -OCH3 is 1. The normalized spacial score (nSPS) is 13.6. The molecule has 3 aromatic carbocycles. The van der Waals surface area contributed by atoms with Gasteiger partial charge >= 0.3 is 0 Å². The molecule has 9 nitrogen and oxygen atoms in total. The van der Waals surface area contributed by atoms with Crippen molar-refractivity contribution in [1.29, 1.82) is 0 Å². The molecular weight excluding hydrogens is 474 g/mol. The molecule has 37 heavy (non-hydrogen) atoms. The fourth-order valence-electron chi connectivity index (χ4n) is 4.13. The molecule has 3 aromatic rings. The van der Waals surface area contributed by atoms with Gasteiger partial charge in [0.25, 0.3) is 11.6 Å². The lowest BCUT2D eigenvalue weighted by Gasteiger charge is -2.30. The Bertz CT molecular complexity index is 1180. The minimum Gasteiger partial charge on any atom is -0.493 e. The average Bonchev–Trinajstić information content (AvgIpc) is 2.95. The van der Waals surface area contributed by atoms with E-state index in [1.807, 2.05) is 48.5 Å². The van der Waals surface area contributed by atoms with Crippen molar-refractivity contribution in [3.8, 4) is 11.5 Å². The van der Waals surface area contributed by atoms with E-state index in [1.54, 1.807) is 12.0 Å². The van der Waals surface area contributed by atoms with Gasteiger partial charge in [0.1, 0.15) is 6.61 Å². The van der Waals surface area contributed by atoms with E-state index >= 15 is 0 Å². The minimum absolute atomic E-state index is 0.0488. The van der Waals surface area contributed by atoms with Crippen LogP contribution in [0, 0.1) is 10.1 Å². The summed E-state index contributed by atoms with van der Waals surface area (Å²) in [6, 6.07) is 21.3. The SMILES string of the molecule is COc1cc(CN(CCN2CCOCC2)C(=O)c2ccc([N+](=O)[O-])cc2)ccc1OCc1ccccc1. The highest BCUT2D eigenvalue weighted by Gasteiger charge is 2.20. The predicted molar refractivity (Wildman–Crippen MR) is 139 cm³/mol. The second kappa shape index (κ2) is 12.8. The molecule has 1 aliphatic rings. The summed E-state index contributed by atoms with van der Waals surface area (Å²) in [5, 5.41) is 11.0. The van der Waals surface area contributed by atoms with Crippen molar-refractivity contribution in [2.75, 3.05) is 46.5 Å². The molecule has 1 aliphatic heterocycles. The first kappa shape index (κ1) is 26.1. The van der Waals surface area contributed by atoms with Crippen LogP contribution in [-0.2, 0) is 17.9 Å². The van der Waals surface area contributed by atoms with Crippen molar-refractivity contribution in [2.24, 2.45) is 0 Å². The predicted octanol–water partition coefficient (Wildman–Crippen LogP) is 4.16. The molecule has 4 rings (SSSR count). The van der Waals surface area contributed by atoms with Gasteiger partial charge in [0.05, 0.1) is 25.2 Å². The van der Waals surface area contributed by atoms with Gasteiger partial charge in [0, 0.05) is 50.4 Å². The van der Waals surface area contributed by atoms with Crippen LogP contribution in [0.4, 0.5) is 5.69 Å². The van der Waals surface area contributed by atoms with E-state index in [0.29, 0.717) is 56.5 Å². The molecule has 0 aromatic heterocycles. The first-order valence-corrected chi connectivity index (χ1v) is 12.2. The Morgan fingerprint density at radius 1 is 1.00 bits per heavy atom. The highest BCUT2D eigenvalue weighted by Crippen LogP contribution is 2.29. The van der Waals surface area contributed by atoms with E-state index in [1.165, 1.54) is 24.3 Å². The lowest BCUT2D eigenvalue weighted by atomic mass is 10.1. The maximum absolute atomic E-state index is 13.4. The zero-order valence-electron chi connectivity index (χ0n) is 20.9. The summed E-state index contributed by atoms with van der Waals surface area (Å²) in [5.41, 5.74) is 2.30. The monoisotopic (exact) mass is 505 g/mol. The number of nitrogens with zero attached hydrogens (tertiary/aromatic N) is 3. The number of nitro benzene ring substituents is 1. The lowest BCUT2D eigenvalue weighted by Crippen LogP contribution is -2.42. The summed E-state index contributed by atoms with van der Waals surface area (Å²) in [6.07, 6.45) is 0. The van der Waals surface area contributed by atoms with Crippen LogP contribution >= 0.6 is 0 Å². The number of nitro groups is 1. The molecular formula is C28H31N3O6. The Labute approximate surface area is 216 Å². The zero-order chi connectivity index (χ0) is 26.0. The molecule has 0 atom stereocenters. The Balaban J connectivity index is 1.49. The van der Waals surface area contributed by atoms with Gasteiger partial charge in [-0.1, -0.05) is 36.4 Å². The van der Waals surface area contributed by atoms with Crippen molar-refractivity contribution in [1.82, 2.24) is 9.80 Å². The molecule has 1 heterocycles. The van der Waals surface area contributed by atoms with Crippen molar-refractivity contribution in [3.63, 3.8) is 0 Å². The van der Waals surface area contributed by atoms with Crippen LogP contribution < -0.4 is 9.47 Å². The maximum atomic E-state index is 13.4. The molecule has 0 unspecified atom stereocenters. The van der Waals surface area contributed by atoms with Gasteiger partial charge in [-0.2, -0.15) is 0 Å². The molecule has 194 valence electrons. The number of benzene rings is 3. The Hall–Kier alpha value is -3.95. The van der Waals surface area contributed by atoms with Gasteiger partial charge < -0.3 is 19.1 Å². The summed E-state index contributed by atoms with van der Waals surface area (Å²) in [6.45, 7) is 4.98. The summed E-state index contributed by atoms with van der Waals surface area (Å²) in [4.78, 5) is 28.0. The molecule has 0 aliphatic carbocycles. The number of non-ortho nitro benzene ring substituents is 1. The van der Waals surface area contributed by atoms with E-state index in [-0.39, 0.29) is 11.6 Å². The third kappa shape index (κ3) is 7.28. The Morgan fingerprint density at radius 2 is 1.73 bits per heavy atom. The number of rotatable bonds is 11. The number of carbonyl (C=O) groups is 1. The van der Waals surface area contributed by atoms with Crippen LogP contribution in [0.3, 0.4) is 0 Å². The maximum Gasteiger partial charge on any atom is 0.269 e. The zero-order valence-corrected chi connectivity index (χ0v) is 20.9. The van der Waals surface area contributed by atoms with E-state index in [4.69, 9.17) is 14.2 Å². The molecule has 1 amide bonds. The number of ether oxygens (including phenoxy) is 3. The largest absolute Gasteiger partial charge is 0.493 e. The van der Waals surface area contributed by atoms with E-state index in [2.05, 4.69) is 4.90 Å². The summed E-state index contributed by atoms with van der Waals surface area (Å²) in [7, 11) is 1.59. The number of hydrogen-bond acceptors (Lipinski definition) is 7. The summed E-state index contributed by atoms with van der Waals surface area (Å²) < 4.78 is 17.0. The highest BCUT2D eigenvalue weighted by molar-refractivity contribution is 5.94. The van der Waals surface area contributed by atoms with Gasteiger partial charge in [-0.3, -0.25) is 19.8 Å². The van der Waals surface area contributed by atoms with Crippen LogP contribution in [-0.4, -0.2) is 67.1 Å². The minimum atomic E-state index is -0.474.